The molecule has 306 valence electrons. The highest BCUT2D eigenvalue weighted by Crippen LogP contribution is 2.35. The number of nitrogens with zero attached hydrogens (tertiary/aromatic N) is 2. The molecule has 1 amide bonds. The number of fused-ring (bicyclic) bond motifs is 1. The summed E-state index contributed by atoms with van der Waals surface area (Å²) in [6.45, 7) is 5.79. The molecule has 4 aromatic rings. The van der Waals surface area contributed by atoms with Gasteiger partial charge in [0.25, 0.3) is 5.91 Å². The number of carbonyl (C=O) groups excluding carboxylic acids is 3. The van der Waals surface area contributed by atoms with Crippen molar-refractivity contribution in [3.8, 4) is 5.75 Å². The Hall–Kier alpha value is -4.78. The van der Waals surface area contributed by atoms with Gasteiger partial charge in [-0.15, -0.1) is 11.3 Å². The fourth-order valence-corrected chi connectivity index (χ4v) is 7.98. The van der Waals surface area contributed by atoms with E-state index >= 15 is 0 Å². The highest BCUT2D eigenvalue weighted by Gasteiger charge is 2.44. The van der Waals surface area contributed by atoms with Gasteiger partial charge in [0.15, 0.2) is 5.75 Å². The summed E-state index contributed by atoms with van der Waals surface area (Å²) in [5, 5.41) is 2.88. The summed E-state index contributed by atoms with van der Waals surface area (Å²) >= 11 is 1.54. The molecule has 1 atom stereocenters. The number of hydrogen-bond acceptors (Lipinski definition) is 10. The number of likely N-dealkylation sites (tertiary alicyclic amines) is 1. The fraction of sp³-hybridized carbons (Fsp3) is 0.436. The third kappa shape index (κ3) is 10.4. The molecule has 18 heteroatoms. The highest BCUT2D eigenvalue weighted by atomic mass is 32.1. The van der Waals surface area contributed by atoms with Gasteiger partial charge >= 0.3 is 24.3 Å². The van der Waals surface area contributed by atoms with Crippen LogP contribution < -0.4 is 15.6 Å². The van der Waals surface area contributed by atoms with Crippen LogP contribution >= 0.6 is 11.3 Å². The van der Waals surface area contributed by atoms with Crippen molar-refractivity contribution in [2.45, 2.75) is 63.2 Å². The molecule has 1 unspecified atom stereocenters. The van der Waals surface area contributed by atoms with Gasteiger partial charge in [-0.1, -0.05) is 37.3 Å². The Morgan fingerprint density at radius 1 is 0.947 bits per heavy atom. The second kappa shape index (κ2) is 17.4. The van der Waals surface area contributed by atoms with Crippen molar-refractivity contribution in [1.29, 1.82) is 0 Å². The third-order valence-corrected chi connectivity index (χ3v) is 11.2. The number of halogens is 6. The first kappa shape index (κ1) is 41.8. The lowest BCUT2D eigenvalue weighted by Gasteiger charge is -2.47. The SMILES string of the molecule is CCc1ccc(C(=O)N2CCOC3(CCN(Cc4cccc(CCNCC(OC(=O)C(F)(F)F)c5ccc(OC(=O)C(F)(F)F)c6[nH]c(=O)ccc56)c4)CC3)C2)s1. The number of nitrogens with one attached hydrogen (secondary N) is 2. The van der Waals surface area contributed by atoms with Crippen LogP contribution in [0.4, 0.5) is 26.3 Å². The largest absolute Gasteiger partial charge is 0.491 e. The normalized spacial score (nSPS) is 16.8. The van der Waals surface area contributed by atoms with Gasteiger partial charge in [-0.25, -0.2) is 9.59 Å². The summed E-state index contributed by atoms with van der Waals surface area (Å²) < 4.78 is 94.2. The molecule has 11 nitrogen and oxygen atoms in total. The summed E-state index contributed by atoms with van der Waals surface area (Å²) in [6.07, 6.45) is -9.46. The van der Waals surface area contributed by atoms with E-state index in [1.807, 2.05) is 41.3 Å². The average Bonchev–Trinajstić information content (AvgIpc) is 3.66. The first-order valence-corrected chi connectivity index (χ1v) is 19.1. The molecule has 2 aromatic carbocycles. The van der Waals surface area contributed by atoms with Gasteiger partial charge in [0.2, 0.25) is 5.56 Å². The molecule has 2 aromatic heterocycles. The number of benzene rings is 2. The zero-order chi connectivity index (χ0) is 41.0. The molecule has 2 fully saturated rings. The standard InChI is InChI=1S/C39H40F6N4O7S/c1-2-26-6-10-31(57-26)34(51)49-18-19-54-37(23-49)13-16-48(17-14-37)22-25-5-3-4-24(20-25)12-15-46-21-30(56-36(53)39(43,44)45)27-7-9-29(55-35(52)38(40,41)42)33-28(27)8-11-32(50)47-33/h3-11,20,30,46H,2,12-19,21-23H2,1H3,(H,47,50). The number of amides is 1. The number of rotatable bonds is 12. The zero-order valence-electron chi connectivity index (χ0n) is 30.8. The lowest BCUT2D eigenvalue weighted by molar-refractivity contribution is -0.205. The first-order chi connectivity index (χ1) is 27.0. The first-order valence-electron chi connectivity index (χ1n) is 18.3. The smallest absolute Gasteiger partial charge is 0.449 e. The van der Waals surface area contributed by atoms with Crippen molar-refractivity contribution >= 4 is 40.1 Å². The minimum atomic E-state index is -5.37. The fourth-order valence-electron chi connectivity index (χ4n) is 7.07. The van der Waals surface area contributed by atoms with Crippen LogP contribution in [0, 0.1) is 0 Å². The number of carbonyl (C=O) groups is 3. The van der Waals surface area contributed by atoms with E-state index in [1.165, 1.54) is 16.2 Å². The van der Waals surface area contributed by atoms with Crippen molar-refractivity contribution < 1.29 is 54.9 Å². The molecule has 2 aliphatic rings. The summed E-state index contributed by atoms with van der Waals surface area (Å²) in [7, 11) is 0. The van der Waals surface area contributed by atoms with Crippen molar-refractivity contribution in [3.63, 3.8) is 0 Å². The number of esters is 2. The van der Waals surface area contributed by atoms with E-state index in [0.717, 1.165) is 72.6 Å². The molecule has 57 heavy (non-hydrogen) atoms. The lowest BCUT2D eigenvalue weighted by Crippen LogP contribution is -2.57. The van der Waals surface area contributed by atoms with Crippen LogP contribution in [0.5, 0.6) is 5.75 Å². The Labute approximate surface area is 326 Å². The Kier molecular flexibility index (Phi) is 12.8. The Bertz CT molecular complexity index is 2150. The maximum Gasteiger partial charge on any atom is 0.491 e. The Morgan fingerprint density at radius 2 is 1.68 bits per heavy atom. The molecule has 2 N–H and O–H groups in total. The molecule has 4 heterocycles. The van der Waals surface area contributed by atoms with E-state index in [4.69, 9.17) is 9.47 Å². The number of H-pyrrole nitrogens is 1. The summed E-state index contributed by atoms with van der Waals surface area (Å²) in [5.41, 5.74) is 0.304. The second-order valence-corrected chi connectivity index (χ2v) is 15.1. The molecular weight excluding hydrogens is 783 g/mol. The van der Waals surface area contributed by atoms with E-state index < -0.39 is 47.2 Å². The van der Waals surface area contributed by atoms with E-state index in [1.54, 1.807) is 0 Å². The number of thiophene rings is 1. The number of aromatic amines is 1. The molecule has 1 spiro atoms. The van der Waals surface area contributed by atoms with Gasteiger partial charge in [-0.3, -0.25) is 14.5 Å². The van der Waals surface area contributed by atoms with E-state index in [9.17, 15) is 45.5 Å². The van der Waals surface area contributed by atoms with Crippen molar-refractivity contribution in [1.82, 2.24) is 20.1 Å². The van der Waals surface area contributed by atoms with Gasteiger partial charge in [-0.2, -0.15) is 26.3 Å². The van der Waals surface area contributed by atoms with Crippen LogP contribution in [-0.2, 0) is 38.4 Å². The Morgan fingerprint density at radius 3 is 2.39 bits per heavy atom. The predicted octanol–water partition coefficient (Wildman–Crippen LogP) is 6.11. The molecule has 0 saturated carbocycles. The molecule has 2 saturated heterocycles. The van der Waals surface area contributed by atoms with E-state index in [0.29, 0.717) is 32.7 Å². The van der Waals surface area contributed by atoms with Gasteiger partial charge in [-0.05, 0) is 67.6 Å². The minimum Gasteiger partial charge on any atom is -0.449 e. The number of pyridine rings is 1. The molecule has 0 bridgehead atoms. The van der Waals surface area contributed by atoms with Crippen molar-refractivity contribution in [2.75, 3.05) is 45.9 Å². The highest BCUT2D eigenvalue weighted by molar-refractivity contribution is 7.14. The third-order valence-electron chi connectivity index (χ3n) is 9.99. The number of aromatic nitrogens is 1. The average molecular weight is 823 g/mol. The number of hydrogen-bond donors (Lipinski definition) is 2. The van der Waals surface area contributed by atoms with Gasteiger partial charge < -0.3 is 29.4 Å². The van der Waals surface area contributed by atoms with Crippen LogP contribution in [-0.4, -0.2) is 96.5 Å². The molecule has 0 radical (unpaired) electrons. The van der Waals surface area contributed by atoms with E-state index in [-0.39, 0.29) is 35.5 Å². The topological polar surface area (TPSA) is 130 Å². The van der Waals surface area contributed by atoms with Gasteiger partial charge in [0.1, 0.15) is 6.10 Å². The van der Waals surface area contributed by atoms with E-state index in [2.05, 4.69) is 26.9 Å². The number of ether oxygens (including phenoxy) is 3. The minimum absolute atomic E-state index is 0.0471. The molecular formula is C39H40F6N4O7S. The molecule has 0 aliphatic carbocycles. The molecule has 6 rings (SSSR count). The number of piperidine rings is 1. The summed E-state index contributed by atoms with van der Waals surface area (Å²) in [4.78, 5) is 57.2. The maximum absolute atomic E-state index is 13.3. The van der Waals surface area contributed by atoms with Crippen molar-refractivity contribution in [3.05, 3.63) is 97.5 Å². The van der Waals surface area contributed by atoms with Crippen molar-refractivity contribution in [2.24, 2.45) is 0 Å². The van der Waals surface area contributed by atoms with Crippen LogP contribution in [0.1, 0.15) is 57.1 Å². The van der Waals surface area contributed by atoms with Gasteiger partial charge in [0, 0.05) is 54.6 Å². The number of aryl methyl sites for hydroxylation is 1. The molecule has 2 aliphatic heterocycles. The van der Waals surface area contributed by atoms with Gasteiger partial charge in [0.05, 0.1) is 29.1 Å². The second-order valence-electron chi connectivity index (χ2n) is 14.0. The number of alkyl halides is 6. The number of morpholine rings is 1. The summed E-state index contributed by atoms with van der Waals surface area (Å²) in [5.74, 6) is -5.73. The quantitative estimate of drug-likeness (QED) is 0.0754. The van der Waals surface area contributed by atoms with Crippen LogP contribution in [0.15, 0.2) is 65.5 Å². The maximum atomic E-state index is 13.3. The van der Waals surface area contributed by atoms with Crippen LogP contribution in [0.3, 0.4) is 0 Å². The van der Waals surface area contributed by atoms with Crippen LogP contribution in [0.2, 0.25) is 0 Å². The monoisotopic (exact) mass is 822 g/mol. The van der Waals surface area contributed by atoms with Crippen LogP contribution in [0.25, 0.3) is 10.9 Å². The summed E-state index contributed by atoms with van der Waals surface area (Å²) in [6, 6.07) is 15.8. The zero-order valence-corrected chi connectivity index (χ0v) is 31.6. The lowest BCUT2D eigenvalue weighted by atomic mass is 9.89. The predicted molar refractivity (Wildman–Crippen MR) is 197 cm³/mol. The Balaban J connectivity index is 1.06.